The second-order valence-electron chi connectivity index (χ2n) is 11.8. The lowest BCUT2D eigenvalue weighted by molar-refractivity contribution is 0.811. The summed E-state index contributed by atoms with van der Waals surface area (Å²) in [4.78, 5) is 11.7. The Morgan fingerprint density at radius 2 is 1.31 bits per heavy atom. The second-order valence-corrected chi connectivity index (χ2v) is 12.8. The molecule has 0 amide bonds. The first-order valence-electron chi connectivity index (χ1n) is 14.7. The Morgan fingerprint density at radius 3 is 2.12 bits per heavy atom. The maximum Gasteiger partial charge on any atom is 0.147 e. The molecule has 0 bridgehead atoms. The van der Waals surface area contributed by atoms with Crippen molar-refractivity contribution in [1.82, 2.24) is 14.5 Å². The van der Waals surface area contributed by atoms with Crippen LogP contribution in [0, 0.1) is 0 Å². The molecule has 8 aromatic rings. The van der Waals surface area contributed by atoms with Crippen LogP contribution in [0.2, 0.25) is 0 Å². The summed E-state index contributed by atoms with van der Waals surface area (Å²) in [6, 6.07) is 37.2. The topological polar surface area (TPSA) is 30.7 Å². The Labute approximate surface area is 249 Å². The summed E-state index contributed by atoms with van der Waals surface area (Å²) in [6.45, 7) is 9.14. The Balaban J connectivity index is 1.47. The van der Waals surface area contributed by atoms with Crippen molar-refractivity contribution in [1.29, 1.82) is 0 Å². The minimum absolute atomic E-state index is 0.374. The third-order valence-electron chi connectivity index (χ3n) is 8.55. The van der Waals surface area contributed by atoms with Gasteiger partial charge in [0.05, 0.1) is 22.2 Å². The number of fused-ring (bicyclic) bond motifs is 7. The van der Waals surface area contributed by atoms with Crippen molar-refractivity contribution in [3.63, 3.8) is 0 Å². The summed E-state index contributed by atoms with van der Waals surface area (Å²) in [5.41, 5.74) is 8.30. The molecule has 3 nitrogen and oxygen atoms in total. The van der Waals surface area contributed by atoms with Crippen molar-refractivity contribution < 1.29 is 0 Å². The summed E-state index contributed by atoms with van der Waals surface area (Å²) < 4.78 is 3.65. The molecular formula is C38H31N3S. The summed E-state index contributed by atoms with van der Waals surface area (Å²) in [5.74, 6) is 1.73. The lowest BCUT2D eigenvalue weighted by Gasteiger charge is -2.22. The fraction of sp³-hybridized carbons (Fsp3) is 0.158. The maximum atomic E-state index is 5.33. The lowest BCUT2D eigenvalue weighted by atomic mass is 9.92. The Hall–Kier alpha value is -4.54. The molecule has 0 aliphatic heterocycles. The summed E-state index contributed by atoms with van der Waals surface area (Å²) in [5, 5.41) is 6.02. The molecule has 4 heteroatoms. The highest BCUT2D eigenvalue weighted by Crippen LogP contribution is 2.43. The molecule has 0 atom stereocenters. The van der Waals surface area contributed by atoms with Crippen LogP contribution in [0.5, 0.6) is 0 Å². The molecule has 0 radical (unpaired) electrons. The van der Waals surface area contributed by atoms with Gasteiger partial charge in [0.2, 0.25) is 0 Å². The maximum absolute atomic E-state index is 5.33. The highest BCUT2D eigenvalue weighted by molar-refractivity contribution is 7.26. The summed E-state index contributed by atoms with van der Waals surface area (Å²) >= 11 is 1.78. The third-order valence-corrected chi connectivity index (χ3v) is 9.70. The molecule has 5 aromatic carbocycles. The highest BCUT2D eigenvalue weighted by Gasteiger charge is 2.24. The van der Waals surface area contributed by atoms with Crippen LogP contribution in [0.15, 0.2) is 103 Å². The highest BCUT2D eigenvalue weighted by atomic mass is 32.1. The Bertz CT molecular complexity index is 2290. The molecule has 42 heavy (non-hydrogen) atoms. The Morgan fingerprint density at radius 1 is 0.619 bits per heavy atom. The van der Waals surface area contributed by atoms with Crippen LogP contribution in [0.3, 0.4) is 0 Å². The first-order chi connectivity index (χ1) is 20.5. The Kier molecular flexibility index (Phi) is 5.70. The zero-order valence-corrected chi connectivity index (χ0v) is 25.0. The van der Waals surface area contributed by atoms with Crippen LogP contribution in [0.4, 0.5) is 0 Å². The first kappa shape index (κ1) is 25.2. The zero-order valence-electron chi connectivity index (χ0n) is 24.2. The molecule has 0 unspecified atom stereocenters. The van der Waals surface area contributed by atoms with E-state index in [1.807, 2.05) is 0 Å². The van der Waals surface area contributed by atoms with E-state index in [0.717, 1.165) is 32.8 Å². The number of imidazole rings is 1. The van der Waals surface area contributed by atoms with Crippen molar-refractivity contribution >= 4 is 64.3 Å². The van der Waals surface area contributed by atoms with E-state index in [-0.39, 0.29) is 0 Å². The van der Waals surface area contributed by atoms with Gasteiger partial charge in [0.25, 0.3) is 0 Å². The SMILES string of the molecule is CC(C)c1cccc(C(C)C)c1-n1c(-c2cccc3c2sc2nc4c(ccc5ccccc54)cc23)nc2ccccc21. The number of benzene rings is 5. The van der Waals surface area contributed by atoms with Crippen LogP contribution in [-0.4, -0.2) is 14.5 Å². The van der Waals surface area contributed by atoms with Gasteiger partial charge in [-0.2, -0.15) is 0 Å². The largest absolute Gasteiger partial charge is 0.292 e. The van der Waals surface area contributed by atoms with Gasteiger partial charge >= 0.3 is 0 Å². The predicted octanol–water partition coefficient (Wildman–Crippen LogP) is 11.0. The van der Waals surface area contributed by atoms with E-state index in [2.05, 4.69) is 135 Å². The number of rotatable bonds is 4. The third kappa shape index (κ3) is 3.72. The van der Waals surface area contributed by atoms with Crippen LogP contribution in [0.1, 0.15) is 50.7 Å². The number of hydrogen-bond acceptors (Lipinski definition) is 3. The van der Waals surface area contributed by atoms with E-state index in [4.69, 9.17) is 9.97 Å². The van der Waals surface area contributed by atoms with Crippen LogP contribution in [0.25, 0.3) is 70.1 Å². The molecule has 0 saturated heterocycles. The van der Waals surface area contributed by atoms with E-state index >= 15 is 0 Å². The van der Waals surface area contributed by atoms with E-state index < -0.39 is 0 Å². The van der Waals surface area contributed by atoms with Gasteiger partial charge in [0.1, 0.15) is 10.7 Å². The van der Waals surface area contributed by atoms with Crippen molar-refractivity contribution in [2.75, 3.05) is 0 Å². The van der Waals surface area contributed by atoms with Gasteiger partial charge < -0.3 is 0 Å². The molecule has 8 rings (SSSR count). The average Bonchev–Trinajstić information content (AvgIpc) is 3.57. The number of para-hydroxylation sites is 3. The average molecular weight is 562 g/mol. The van der Waals surface area contributed by atoms with E-state index in [9.17, 15) is 0 Å². The molecule has 0 spiro atoms. The molecule has 0 N–H and O–H groups in total. The molecule has 0 aliphatic rings. The smallest absolute Gasteiger partial charge is 0.147 e. The first-order valence-corrected chi connectivity index (χ1v) is 15.6. The van der Waals surface area contributed by atoms with Gasteiger partial charge in [-0.15, -0.1) is 11.3 Å². The van der Waals surface area contributed by atoms with Crippen molar-refractivity contribution in [3.8, 4) is 17.1 Å². The number of aromatic nitrogens is 3. The van der Waals surface area contributed by atoms with Gasteiger partial charge in [-0.05, 0) is 52.6 Å². The molecular weight excluding hydrogens is 531 g/mol. The van der Waals surface area contributed by atoms with Gasteiger partial charge in [-0.1, -0.05) is 107 Å². The van der Waals surface area contributed by atoms with Gasteiger partial charge in [-0.25, -0.2) is 9.97 Å². The number of thiophene rings is 1. The number of pyridine rings is 1. The van der Waals surface area contributed by atoms with Crippen LogP contribution < -0.4 is 0 Å². The zero-order chi connectivity index (χ0) is 28.5. The monoisotopic (exact) mass is 561 g/mol. The predicted molar refractivity (Wildman–Crippen MR) is 180 cm³/mol. The van der Waals surface area contributed by atoms with Crippen molar-refractivity contribution in [3.05, 3.63) is 114 Å². The number of hydrogen-bond donors (Lipinski definition) is 0. The molecule has 0 saturated carbocycles. The molecule has 0 fully saturated rings. The standard InChI is InChI=1S/C38H31N3S/c1-22(2)26-13-9-14-27(23(3)4)35(26)41-33-18-8-7-17-32(33)39-37(41)30-16-10-15-29-31-21-25-20-19-24-11-5-6-12-28(24)34(25)40-38(31)42-36(29)30/h5-23H,1-4H3. The molecule has 3 heterocycles. The van der Waals surface area contributed by atoms with Crippen LogP contribution >= 0.6 is 11.3 Å². The minimum atomic E-state index is 0.374. The quantitative estimate of drug-likeness (QED) is 0.200. The van der Waals surface area contributed by atoms with Crippen molar-refractivity contribution in [2.45, 2.75) is 39.5 Å². The minimum Gasteiger partial charge on any atom is -0.292 e. The fourth-order valence-electron chi connectivity index (χ4n) is 6.50. The lowest BCUT2D eigenvalue weighted by Crippen LogP contribution is -2.08. The molecule has 3 aromatic heterocycles. The fourth-order valence-corrected chi connectivity index (χ4v) is 7.66. The summed E-state index contributed by atoms with van der Waals surface area (Å²) in [7, 11) is 0. The number of nitrogens with zero attached hydrogens (tertiary/aromatic N) is 3. The van der Waals surface area contributed by atoms with Crippen molar-refractivity contribution in [2.24, 2.45) is 0 Å². The van der Waals surface area contributed by atoms with E-state index in [0.29, 0.717) is 11.8 Å². The molecule has 204 valence electrons. The van der Waals surface area contributed by atoms with E-state index in [1.165, 1.54) is 48.4 Å². The van der Waals surface area contributed by atoms with Gasteiger partial charge in [-0.3, -0.25) is 4.57 Å². The van der Waals surface area contributed by atoms with Gasteiger partial charge in [0, 0.05) is 31.8 Å². The second kappa shape index (κ2) is 9.50. The van der Waals surface area contributed by atoms with E-state index in [1.54, 1.807) is 11.3 Å². The van der Waals surface area contributed by atoms with Gasteiger partial charge in [0.15, 0.2) is 0 Å². The normalized spacial score (nSPS) is 12.2. The van der Waals surface area contributed by atoms with Crippen LogP contribution in [-0.2, 0) is 0 Å². The molecule has 0 aliphatic carbocycles. The summed E-state index contributed by atoms with van der Waals surface area (Å²) in [6.07, 6.45) is 0.